The van der Waals surface area contributed by atoms with Gasteiger partial charge in [0.25, 0.3) is 5.91 Å². The largest absolute Gasteiger partial charge is 0.446 e. The van der Waals surface area contributed by atoms with Gasteiger partial charge in [-0.05, 0) is 49.7 Å². The zero-order chi connectivity index (χ0) is 33.8. The molecule has 252 valence electrons. The van der Waals surface area contributed by atoms with Gasteiger partial charge in [-0.1, -0.05) is 56.9 Å². The lowest BCUT2D eigenvalue weighted by atomic mass is 9.85. The van der Waals surface area contributed by atoms with Gasteiger partial charge in [-0.15, -0.1) is 0 Å². The second kappa shape index (κ2) is 14.4. The van der Waals surface area contributed by atoms with Crippen LogP contribution in [-0.2, 0) is 28.8 Å². The first-order valence-corrected chi connectivity index (χ1v) is 16.1. The van der Waals surface area contributed by atoms with Crippen LogP contribution in [-0.4, -0.2) is 83.6 Å². The molecule has 0 aromatic heterocycles. The highest BCUT2D eigenvalue weighted by molar-refractivity contribution is 6.38. The fraction of sp³-hybridized carbons (Fsp3) is 0.625. The van der Waals surface area contributed by atoms with Crippen LogP contribution in [0.3, 0.4) is 0 Å². The van der Waals surface area contributed by atoms with Crippen LogP contribution in [0.5, 0.6) is 0 Å². The average molecular weight is 664 g/mol. The molecule has 1 spiro atoms. The molecular weight excluding hydrogens is 621 g/mol. The van der Waals surface area contributed by atoms with Crippen molar-refractivity contribution in [2.75, 3.05) is 13.6 Å². The van der Waals surface area contributed by atoms with Crippen molar-refractivity contribution in [3.8, 4) is 0 Å². The van der Waals surface area contributed by atoms with E-state index in [1.54, 1.807) is 20.8 Å². The molecule has 0 radical (unpaired) electrons. The number of hydrogen-bond acceptors (Lipinski definition) is 8. The van der Waals surface area contributed by atoms with Gasteiger partial charge in [-0.25, -0.2) is 9.18 Å². The summed E-state index contributed by atoms with van der Waals surface area (Å²) in [6, 6.07) is 0.834. The van der Waals surface area contributed by atoms with Crippen molar-refractivity contribution < 1.29 is 37.9 Å². The fourth-order valence-electron chi connectivity index (χ4n) is 6.19. The van der Waals surface area contributed by atoms with Crippen LogP contribution in [0.25, 0.3) is 0 Å². The minimum absolute atomic E-state index is 0.00287. The first-order chi connectivity index (χ1) is 21.7. The molecule has 1 saturated heterocycles. The number of alkyl carbamates (subject to hydrolysis) is 1. The van der Waals surface area contributed by atoms with E-state index in [1.807, 2.05) is 6.92 Å². The standard InChI is InChI=1S/C32H43ClFN5O7/c1-6-9-22(25(40)28(42)35-5)36-27(41)24-16-32(15-23(38-46-32)18-12-13-21(34)20(33)14-18)17-39(24)29(43)26(31(2,3)4)37-30(44)45-19-10-7-8-11-19/h12-14,19,22,24,26H,6-11,15-17H2,1-5H3,(H,35,42)(H,36,41)(H,37,44)/t22-,24-,26+,32+/m0/s1. The number of oxime groups is 1. The van der Waals surface area contributed by atoms with Crippen molar-refractivity contribution in [1.82, 2.24) is 20.9 Å². The van der Waals surface area contributed by atoms with Gasteiger partial charge in [0, 0.05) is 25.5 Å². The molecule has 4 amide bonds. The molecule has 2 aliphatic heterocycles. The number of nitrogens with zero attached hydrogens (tertiary/aromatic N) is 2. The maximum Gasteiger partial charge on any atom is 0.408 e. The number of Topliss-reactive ketones (excluding diaryl/α,β-unsaturated/α-hetero) is 1. The lowest BCUT2D eigenvalue weighted by molar-refractivity contribution is -0.144. The van der Waals surface area contributed by atoms with E-state index < -0.39 is 64.6 Å². The summed E-state index contributed by atoms with van der Waals surface area (Å²) in [5.74, 6) is -3.43. The predicted molar refractivity (Wildman–Crippen MR) is 168 cm³/mol. The molecule has 4 atom stereocenters. The number of ether oxygens (including phenoxy) is 1. The Labute approximate surface area is 273 Å². The van der Waals surface area contributed by atoms with E-state index in [1.165, 1.54) is 30.1 Å². The topological polar surface area (TPSA) is 156 Å². The third-order valence-electron chi connectivity index (χ3n) is 8.69. The molecule has 46 heavy (non-hydrogen) atoms. The molecule has 2 heterocycles. The third kappa shape index (κ3) is 7.97. The number of carbonyl (C=O) groups is 5. The molecule has 1 saturated carbocycles. The van der Waals surface area contributed by atoms with Gasteiger partial charge >= 0.3 is 6.09 Å². The molecule has 3 N–H and O–H groups in total. The highest BCUT2D eigenvalue weighted by atomic mass is 35.5. The van der Waals surface area contributed by atoms with E-state index >= 15 is 0 Å². The van der Waals surface area contributed by atoms with E-state index in [0.29, 0.717) is 17.7 Å². The summed E-state index contributed by atoms with van der Waals surface area (Å²) in [4.78, 5) is 73.4. The Kier molecular flexibility index (Phi) is 11.0. The highest BCUT2D eigenvalue weighted by Gasteiger charge is 2.55. The first kappa shape index (κ1) is 35.1. The van der Waals surface area contributed by atoms with Crippen molar-refractivity contribution in [3.05, 3.63) is 34.6 Å². The molecule has 0 bridgehead atoms. The first-order valence-electron chi connectivity index (χ1n) is 15.7. The molecule has 1 aromatic carbocycles. The Morgan fingerprint density at radius 3 is 2.48 bits per heavy atom. The minimum atomic E-state index is -1.13. The summed E-state index contributed by atoms with van der Waals surface area (Å²) in [5, 5.41) is 11.8. The maximum atomic E-state index is 14.3. The van der Waals surface area contributed by atoms with Crippen molar-refractivity contribution >= 4 is 46.9 Å². The lowest BCUT2D eigenvalue weighted by Crippen LogP contribution is -2.59. The Bertz CT molecular complexity index is 1390. The quantitative estimate of drug-likeness (QED) is 0.323. The van der Waals surface area contributed by atoms with Crippen molar-refractivity contribution in [2.24, 2.45) is 10.6 Å². The summed E-state index contributed by atoms with van der Waals surface area (Å²) in [7, 11) is 1.33. The summed E-state index contributed by atoms with van der Waals surface area (Å²) in [6.45, 7) is 7.11. The summed E-state index contributed by atoms with van der Waals surface area (Å²) < 4.78 is 19.4. The van der Waals surface area contributed by atoms with Crippen LogP contribution >= 0.6 is 11.6 Å². The van der Waals surface area contributed by atoms with Crippen LogP contribution in [0.4, 0.5) is 9.18 Å². The second-order valence-corrected chi connectivity index (χ2v) is 13.8. The summed E-state index contributed by atoms with van der Waals surface area (Å²) in [6.07, 6.45) is 3.38. The van der Waals surface area contributed by atoms with Crippen molar-refractivity contribution in [1.29, 1.82) is 0 Å². The zero-order valence-corrected chi connectivity index (χ0v) is 27.7. The zero-order valence-electron chi connectivity index (χ0n) is 26.9. The number of benzene rings is 1. The van der Waals surface area contributed by atoms with E-state index in [2.05, 4.69) is 21.1 Å². The van der Waals surface area contributed by atoms with Gasteiger partial charge in [0.05, 0.1) is 23.3 Å². The van der Waals surface area contributed by atoms with Gasteiger partial charge in [-0.3, -0.25) is 19.2 Å². The minimum Gasteiger partial charge on any atom is -0.446 e. The maximum absolute atomic E-state index is 14.3. The number of amides is 4. The summed E-state index contributed by atoms with van der Waals surface area (Å²) >= 11 is 6.00. The Morgan fingerprint density at radius 1 is 1.17 bits per heavy atom. The Balaban J connectivity index is 1.62. The monoisotopic (exact) mass is 663 g/mol. The molecule has 2 fully saturated rings. The number of hydrogen-bond donors (Lipinski definition) is 3. The average Bonchev–Trinajstić information content (AvgIpc) is 3.76. The molecule has 1 aromatic rings. The molecule has 4 rings (SSSR count). The van der Waals surface area contributed by atoms with Crippen LogP contribution in [0, 0.1) is 11.2 Å². The van der Waals surface area contributed by atoms with E-state index in [9.17, 15) is 28.4 Å². The molecule has 14 heteroatoms. The lowest BCUT2D eigenvalue weighted by Gasteiger charge is -2.35. The van der Waals surface area contributed by atoms with E-state index in [0.717, 1.165) is 25.7 Å². The molecular formula is C32H43ClFN5O7. The molecule has 0 unspecified atom stereocenters. The fourth-order valence-corrected chi connectivity index (χ4v) is 6.37. The summed E-state index contributed by atoms with van der Waals surface area (Å²) in [5.41, 5.74) is -0.936. The van der Waals surface area contributed by atoms with E-state index in [-0.39, 0.29) is 36.9 Å². The van der Waals surface area contributed by atoms with Gasteiger partial charge in [-0.2, -0.15) is 0 Å². The van der Waals surface area contributed by atoms with Crippen molar-refractivity contribution in [3.63, 3.8) is 0 Å². The third-order valence-corrected chi connectivity index (χ3v) is 8.98. The van der Waals surface area contributed by atoms with Crippen molar-refractivity contribution in [2.45, 2.75) is 109 Å². The molecule has 12 nitrogen and oxygen atoms in total. The number of rotatable bonds is 10. The molecule has 3 aliphatic rings. The number of carbonyl (C=O) groups excluding carboxylic acids is 5. The number of nitrogens with one attached hydrogen (secondary N) is 3. The Morgan fingerprint density at radius 2 is 1.87 bits per heavy atom. The van der Waals surface area contributed by atoms with E-state index in [4.69, 9.17) is 21.2 Å². The van der Waals surface area contributed by atoms with Crippen LogP contribution in [0.2, 0.25) is 5.02 Å². The van der Waals surface area contributed by atoms with Gasteiger partial charge in [0.1, 0.15) is 24.0 Å². The number of halogens is 2. The number of ketones is 1. The number of likely N-dealkylation sites (N-methyl/N-ethyl adjacent to an activating group) is 1. The van der Waals surface area contributed by atoms with Gasteiger partial charge < -0.3 is 30.4 Å². The normalized spacial score (nSPS) is 22.5. The second-order valence-electron chi connectivity index (χ2n) is 13.4. The highest BCUT2D eigenvalue weighted by Crippen LogP contribution is 2.40. The van der Waals surface area contributed by atoms with Crippen LogP contribution in [0.15, 0.2) is 23.4 Å². The van der Waals surface area contributed by atoms with Gasteiger partial charge in [0.15, 0.2) is 5.60 Å². The number of likely N-dealkylation sites (tertiary alicyclic amines) is 1. The smallest absolute Gasteiger partial charge is 0.408 e. The van der Waals surface area contributed by atoms with Gasteiger partial charge in [0.2, 0.25) is 17.6 Å². The molecule has 1 aliphatic carbocycles. The predicted octanol–water partition coefficient (Wildman–Crippen LogP) is 3.63. The SMILES string of the molecule is CCC[C@H](NC(=O)[C@@H]1C[C@]2(CC(c3ccc(F)c(Cl)c3)=NO2)CN1C(=O)[C@@H](NC(=O)OC1CCCC1)C(C)(C)C)C(=O)C(=O)NC. The van der Waals surface area contributed by atoms with Crippen LogP contribution < -0.4 is 16.0 Å². The van der Waals surface area contributed by atoms with Crippen LogP contribution in [0.1, 0.15) is 84.6 Å². The Hall–Kier alpha value is -3.74.